The first-order chi connectivity index (χ1) is 9.65. The molecule has 0 aliphatic carbocycles. The van der Waals surface area contributed by atoms with E-state index in [2.05, 4.69) is 15.9 Å². The molecule has 2 aromatic rings. The highest BCUT2D eigenvalue weighted by molar-refractivity contribution is 9.10. The highest BCUT2D eigenvalue weighted by Gasteiger charge is 2.10. The normalized spacial score (nSPS) is 9.90. The second kappa shape index (κ2) is 6.65. The SMILES string of the molecule is COc1cccc(Br)c1OCc1ccc(C#N)cc1Cl. The van der Waals surface area contributed by atoms with Crippen LogP contribution in [0, 0.1) is 11.3 Å². The second-order valence-corrected chi connectivity index (χ2v) is 5.24. The molecule has 0 saturated heterocycles. The third-order valence-electron chi connectivity index (χ3n) is 2.70. The zero-order valence-corrected chi connectivity index (χ0v) is 13.0. The molecular weight excluding hydrogens is 342 g/mol. The molecule has 0 unspecified atom stereocenters. The number of ether oxygens (including phenoxy) is 2. The Morgan fingerprint density at radius 1 is 1.30 bits per heavy atom. The average molecular weight is 353 g/mol. The number of hydrogen-bond donors (Lipinski definition) is 0. The van der Waals surface area contributed by atoms with Crippen molar-refractivity contribution in [1.82, 2.24) is 0 Å². The smallest absolute Gasteiger partial charge is 0.175 e. The van der Waals surface area contributed by atoms with Crippen LogP contribution in [0.2, 0.25) is 5.02 Å². The molecule has 0 radical (unpaired) electrons. The van der Waals surface area contributed by atoms with Crippen LogP contribution in [0.25, 0.3) is 0 Å². The number of hydrogen-bond acceptors (Lipinski definition) is 3. The molecule has 0 N–H and O–H groups in total. The lowest BCUT2D eigenvalue weighted by Gasteiger charge is -2.13. The van der Waals surface area contributed by atoms with E-state index in [0.717, 1.165) is 10.0 Å². The van der Waals surface area contributed by atoms with Gasteiger partial charge in [-0.25, -0.2) is 0 Å². The molecule has 2 rings (SSSR count). The van der Waals surface area contributed by atoms with Crippen LogP contribution in [0.4, 0.5) is 0 Å². The monoisotopic (exact) mass is 351 g/mol. The van der Waals surface area contributed by atoms with Gasteiger partial charge in [0, 0.05) is 10.6 Å². The van der Waals surface area contributed by atoms with Crippen LogP contribution in [-0.4, -0.2) is 7.11 Å². The van der Waals surface area contributed by atoms with E-state index < -0.39 is 0 Å². The number of benzene rings is 2. The number of para-hydroxylation sites is 1. The maximum absolute atomic E-state index is 8.80. The Hall–Kier alpha value is -1.70. The lowest BCUT2D eigenvalue weighted by molar-refractivity contribution is 0.282. The van der Waals surface area contributed by atoms with Gasteiger partial charge in [-0.1, -0.05) is 23.7 Å². The average Bonchev–Trinajstić information content (AvgIpc) is 2.46. The van der Waals surface area contributed by atoms with Crippen molar-refractivity contribution in [3.63, 3.8) is 0 Å². The Balaban J connectivity index is 2.19. The van der Waals surface area contributed by atoms with Crippen LogP contribution in [0.15, 0.2) is 40.9 Å². The predicted molar refractivity (Wildman–Crippen MR) is 81.2 cm³/mol. The Morgan fingerprint density at radius 2 is 2.10 bits per heavy atom. The van der Waals surface area contributed by atoms with Crippen molar-refractivity contribution in [2.75, 3.05) is 7.11 Å². The molecule has 0 heterocycles. The first kappa shape index (κ1) is 14.7. The summed E-state index contributed by atoms with van der Waals surface area (Å²) in [5.41, 5.74) is 1.33. The Bertz CT molecular complexity index is 667. The van der Waals surface area contributed by atoms with Crippen molar-refractivity contribution in [3.05, 3.63) is 57.0 Å². The molecule has 0 spiro atoms. The van der Waals surface area contributed by atoms with Gasteiger partial charge in [0.15, 0.2) is 11.5 Å². The van der Waals surface area contributed by atoms with E-state index in [9.17, 15) is 0 Å². The molecular formula is C15H11BrClNO2. The van der Waals surface area contributed by atoms with Crippen molar-refractivity contribution in [3.8, 4) is 17.6 Å². The Labute approximate surface area is 130 Å². The van der Waals surface area contributed by atoms with E-state index in [-0.39, 0.29) is 0 Å². The largest absolute Gasteiger partial charge is 0.493 e. The topological polar surface area (TPSA) is 42.2 Å². The van der Waals surface area contributed by atoms with Gasteiger partial charge in [0.05, 0.1) is 23.2 Å². The van der Waals surface area contributed by atoms with Crippen LogP contribution in [0.5, 0.6) is 11.5 Å². The molecule has 0 aliphatic rings. The predicted octanol–water partition coefficient (Wildman–Crippen LogP) is 4.56. The molecule has 0 amide bonds. The number of nitriles is 1. The van der Waals surface area contributed by atoms with E-state index in [1.165, 1.54) is 0 Å². The summed E-state index contributed by atoms with van der Waals surface area (Å²) in [6.45, 7) is 0.295. The van der Waals surface area contributed by atoms with Crippen molar-refractivity contribution >= 4 is 27.5 Å². The molecule has 3 nitrogen and oxygen atoms in total. The minimum Gasteiger partial charge on any atom is -0.493 e. The van der Waals surface area contributed by atoms with Gasteiger partial charge in [-0.05, 0) is 40.2 Å². The summed E-state index contributed by atoms with van der Waals surface area (Å²) in [6.07, 6.45) is 0. The molecule has 0 saturated carbocycles. The number of nitrogens with zero attached hydrogens (tertiary/aromatic N) is 1. The quantitative estimate of drug-likeness (QED) is 0.810. The fourth-order valence-electron chi connectivity index (χ4n) is 1.67. The molecule has 102 valence electrons. The minimum absolute atomic E-state index is 0.295. The van der Waals surface area contributed by atoms with Crippen LogP contribution in [0.3, 0.4) is 0 Å². The highest BCUT2D eigenvalue weighted by atomic mass is 79.9. The first-order valence-corrected chi connectivity index (χ1v) is 6.96. The van der Waals surface area contributed by atoms with Gasteiger partial charge < -0.3 is 9.47 Å². The standard InChI is InChI=1S/C15H11BrClNO2/c1-19-14-4-2-3-12(16)15(14)20-9-11-6-5-10(8-18)7-13(11)17/h2-7H,9H2,1H3. The van der Waals surface area contributed by atoms with Gasteiger partial charge in [-0.15, -0.1) is 0 Å². The maximum atomic E-state index is 8.80. The van der Waals surface area contributed by atoms with E-state index >= 15 is 0 Å². The Kier molecular flexibility index (Phi) is 4.89. The number of halogens is 2. The molecule has 0 bridgehead atoms. The maximum Gasteiger partial charge on any atom is 0.175 e. The first-order valence-electron chi connectivity index (χ1n) is 5.79. The molecule has 0 aliphatic heterocycles. The van der Waals surface area contributed by atoms with E-state index in [1.807, 2.05) is 24.3 Å². The van der Waals surface area contributed by atoms with E-state index in [1.54, 1.807) is 25.3 Å². The zero-order valence-electron chi connectivity index (χ0n) is 10.7. The van der Waals surface area contributed by atoms with Crippen LogP contribution in [-0.2, 0) is 6.61 Å². The lowest BCUT2D eigenvalue weighted by atomic mass is 10.1. The van der Waals surface area contributed by atoms with Gasteiger partial charge in [-0.2, -0.15) is 5.26 Å². The Morgan fingerprint density at radius 3 is 2.75 bits per heavy atom. The van der Waals surface area contributed by atoms with Crippen LogP contribution in [0.1, 0.15) is 11.1 Å². The zero-order chi connectivity index (χ0) is 14.5. The molecule has 0 atom stereocenters. The van der Waals surface area contributed by atoms with Crippen molar-refractivity contribution in [2.45, 2.75) is 6.61 Å². The molecule has 5 heteroatoms. The third kappa shape index (κ3) is 3.24. The summed E-state index contributed by atoms with van der Waals surface area (Å²) in [6, 6.07) is 12.7. The van der Waals surface area contributed by atoms with Crippen LogP contribution >= 0.6 is 27.5 Å². The molecule has 0 aromatic heterocycles. The summed E-state index contributed by atoms with van der Waals surface area (Å²) in [4.78, 5) is 0. The molecule has 0 fully saturated rings. The van der Waals surface area contributed by atoms with Crippen molar-refractivity contribution in [2.24, 2.45) is 0 Å². The van der Waals surface area contributed by atoms with Gasteiger partial charge >= 0.3 is 0 Å². The second-order valence-electron chi connectivity index (χ2n) is 3.98. The van der Waals surface area contributed by atoms with E-state index in [4.69, 9.17) is 26.3 Å². The van der Waals surface area contributed by atoms with Gasteiger partial charge in [-0.3, -0.25) is 0 Å². The highest BCUT2D eigenvalue weighted by Crippen LogP contribution is 2.35. The van der Waals surface area contributed by atoms with Gasteiger partial charge in [0.25, 0.3) is 0 Å². The molecule has 20 heavy (non-hydrogen) atoms. The summed E-state index contributed by atoms with van der Waals surface area (Å²) < 4.78 is 11.8. The third-order valence-corrected chi connectivity index (χ3v) is 3.68. The van der Waals surface area contributed by atoms with Gasteiger partial charge in [0.1, 0.15) is 6.61 Å². The van der Waals surface area contributed by atoms with E-state index in [0.29, 0.717) is 28.7 Å². The van der Waals surface area contributed by atoms with Crippen molar-refractivity contribution < 1.29 is 9.47 Å². The summed E-state index contributed by atoms with van der Waals surface area (Å²) in [5.74, 6) is 1.26. The summed E-state index contributed by atoms with van der Waals surface area (Å²) in [5, 5.41) is 9.31. The summed E-state index contributed by atoms with van der Waals surface area (Å²) in [7, 11) is 1.59. The fourth-order valence-corrected chi connectivity index (χ4v) is 2.37. The van der Waals surface area contributed by atoms with Crippen LogP contribution < -0.4 is 9.47 Å². The van der Waals surface area contributed by atoms with Gasteiger partial charge in [0.2, 0.25) is 0 Å². The van der Waals surface area contributed by atoms with Crippen molar-refractivity contribution in [1.29, 1.82) is 5.26 Å². The number of rotatable bonds is 4. The fraction of sp³-hybridized carbons (Fsp3) is 0.133. The minimum atomic E-state index is 0.295. The summed E-state index contributed by atoms with van der Waals surface area (Å²) >= 11 is 9.54. The molecule has 2 aromatic carbocycles. The number of methoxy groups -OCH3 is 1. The lowest BCUT2D eigenvalue weighted by Crippen LogP contribution is -1.99.